The van der Waals surface area contributed by atoms with Crippen molar-refractivity contribution in [2.24, 2.45) is 0 Å². The van der Waals surface area contributed by atoms with E-state index in [1.165, 1.54) is 244 Å². The van der Waals surface area contributed by atoms with E-state index < -0.39 is 26.5 Å². The highest BCUT2D eigenvalue weighted by Gasteiger charge is 2.27. The first kappa shape index (κ1) is 98.2. The van der Waals surface area contributed by atoms with Gasteiger partial charge >= 0.3 is 19.8 Å². The van der Waals surface area contributed by atoms with Gasteiger partial charge in [0.1, 0.15) is 19.8 Å². The fraction of sp³-hybridized carbons (Fsp3) is 0.739. The molecule has 1 N–H and O–H groups in total. The highest BCUT2D eigenvalue weighted by molar-refractivity contribution is 7.47. The minimum Gasteiger partial charge on any atom is -0.462 e. The zero-order valence-electron chi connectivity index (χ0n) is 67.3. The van der Waals surface area contributed by atoms with E-state index in [0.717, 1.165) is 109 Å². The predicted molar refractivity (Wildman–Crippen MR) is 445 cm³/mol. The topological polar surface area (TPSA) is 108 Å². The van der Waals surface area contributed by atoms with Crippen LogP contribution < -0.4 is 0 Å². The summed E-state index contributed by atoms with van der Waals surface area (Å²) in [6.45, 7) is 4.25. The number of phosphoric ester groups is 1. The van der Waals surface area contributed by atoms with Crippen molar-refractivity contribution < 1.29 is 42.1 Å². The number of carbonyl (C=O) groups excluding carboxylic acids is 2. The van der Waals surface area contributed by atoms with Crippen molar-refractivity contribution in [2.45, 2.75) is 392 Å². The van der Waals surface area contributed by atoms with Crippen molar-refractivity contribution in [1.29, 1.82) is 0 Å². The molecule has 0 aliphatic rings. The molecule has 2 unspecified atom stereocenters. The molecule has 0 heterocycles. The van der Waals surface area contributed by atoms with Crippen LogP contribution in [0.2, 0.25) is 0 Å². The minimum atomic E-state index is -4.40. The van der Waals surface area contributed by atoms with Crippen LogP contribution in [0.5, 0.6) is 0 Å². The average Bonchev–Trinajstić information content (AvgIpc) is 0.913. The van der Waals surface area contributed by atoms with Gasteiger partial charge in [0.2, 0.25) is 0 Å². The Bertz CT molecular complexity index is 2190. The van der Waals surface area contributed by atoms with Crippen LogP contribution in [-0.4, -0.2) is 74.9 Å². The molecule has 0 rings (SSSR count). The van der Waals surface area contributed by atoms with Crippen LogP contribution in [-0.2, 0) is 32.7 Å². The van der Waals surface area contributed by atoms with Gasteiger partial charge < -0.3 is 18.9 Å². The summed E-state index contributed by atoms with van der Waals surface area (Å²) in [6.07, 6.45) is 119. The van der Waals surface area contributed by atoms with Crippen molar-refractivity contribution >= 4 is 19.8 Å². The van der Waals surface area contributed by atoms with Crippen molar-refractivity contribution in [3.63, 3.8) is 0 Å². The number of likely N-dealkylation sites (N-methyl/N-ethyl adjacent to an activating group) is 1. The summed E-state index contributed by atoms with van der Waals surface area (Å²) in [4.78, 5) is 36.0. The zero-order valence-corrected chi connectivity index (χ0v) is 68.2. The number of esters is 2. The van der Waals surface area contributed by atoms with Gasteiger partial charge in [0, 0.05) is 12.8 Å². The Hall–Kier alpha value is -3.85. The van der Waals surface area contributed by atoms with Gasteiger partial charge in [0.15, 0.2) is 6.10 Å². The lowest BCUT2D eigenvalue weighted by molar-refractivity contribution is -0.870. The molecule has 0 amide bonds. The SMILES string of the molecule is CC/C=C\C/C=C\C/C=C\C/C=C\C/C=C\C/C=C\C/C=C\CCCCCCCCCCCCCCCCCC(=O)OC(COC(=O)CCCCCCCCCCCCCCCCCCCCCCCCCCCCCC/C=C\C/C=C\C/C=C\C/C=C\CC)COP(=O)(O)OCC[N+](C)(C)C. The summed E-state index contributed by atoms with van der Waals surface area (Å²) in [5, 5.41) is 0. The maximum Gasteiger partial charge on any atom is 0.472 e. The summed E-state index contributed by atoms with van der Waals surface area (Å²) in [6, 6.07) is 0. The molecule has 0 aliphatic carbocycles. The van der Waals surface area contributed by atoms with Crippen molar-refractivity contribution in [3.05, 3.63) is 134 Å². The van der Waals surface area contributed by atoms with Crippen molar-refractivity contribution in [2.75, 3.05) is 47.5 Å². The van der Waals surface area contributed by atoms with Crippen LogP contribution in [0.3, 0.4) is 0 Å². The minimum absolute atomic E-state index is 0.0299. The monoisotopic (exact) mass is 1440 g/mol. The Morgan fingerprint density at radius 3 is 0.784 bits per heavy atom. The van der Waals surface area contributed by atoms with Gasteiger partial charge in [-0.05, 0) is 109 Å². The third kappa shape index (κ3) is 85.1. The second kappa shape index (κ2) is 81.2. The van der Waals surface area contributed by atoms with Crippen LogP contribution in [0, 0.1) is 0 Å². The summed E-state index contributed by atoms with van der Waals surface area (Å²) in [5.74, 6) is -0.783. The molecule has 0 aromatic carbocycles. The molecule has 2 atom stereocenters. The van der Waals surface area contributed by atoms with Crippen LogP contribution >= 0.6 is 7.82 Å². The van der Waals surface area contributed by atoms with Crippen molar-refractivity contribution in [1.82, 2.24) is 0 Å². The Morgan fingerprint density at radius 1 is 0.304 bits per heavy atom. The molecule has 0 spiro atoms. The van der Waals surface area contributed by atoms with Gasteiger partial charge in [-0.25, -0.2) is 4.57 Å². The Labute approximate surface area is 631 Å². The number of quaternary nitrogens is 1. The summed E-state index contributed by atoms with van der Waals surface area (Å²) >= 11 is 0. The Kier molecular flexibility index (Phi) is 78.2. The molecule has 0 aromatic heterocycles. The van der Waals surface area contributed by atoms with Gasteiger partial charge in [-0.2, -0.15) is 0 Å². The average molecular weight is 1440 g/mol. The van der Waals surface area contributed by atoms with Gasteiger partial charge in [-0.3, -0.25) is 18.6 Å². The van der Waals surface area contributed by atoms with Crippen LogP contribution in [0.15, 0.2) is 134 Å². The van der Waals surface area contributed by atoms with Gasteiger partial charge in [-0.1, -0.05) is 398 Å². The van der Waals surface area contributed by atoms with E-state index in [4.69, 9.17) is 18.5 Å². The van der Waals surface area contributed by atoms with Crippen molar-refractivity contribution in [3.8, 4) is 0 Å². The summed E-state index contributed by atoms with van der Waals surface area (Å²) < 4.78 is 34.9. The molecule has 9 nitrogen and oxygen atoms in total. The predicted octanol–water partition coefficient (Wildman–Crippen LogP) is 29.1. The third-order valence-electron chi connectivity index (χ3n) is 18.7. The normalized spacial score (nSPS) is 13.7. The lowest BCUT2D eigenvalue weighted by Crippen LogP contribution is -2.37. The number of unbranched alkanes of at least 4 members (excludes halogenated alkanes) is 43. The molecule has 0 bridgehead atoms. The maximum absolute atomic E-state index is 12.9. The number of nitrogens with zero attached hydrogens (tertiary/aromatic N) is 1. The standard InChI is InChI=1S/C92H162NO8P/c1-6-8-10-12-14-16-18-20-22-24-26-28-30-32-34-36-38-40-42-44-45-46-47-49-50-52-54-56-58-60-62-64-66-68-70-72-74-76-78-80-82-84-91(94)98-88-90(89-100-102(96,97)99-87-86-93(3,4)5)101-92(95)85-83-81-79-77-75-73-71-69-67-65-63-61-59-57-55-53-51-48-43-41-39-37-35-33-31-29-27-25-23-21-19-17-15-13-11-9-7-2/h8-11,14-17,20-23,26-29,33,35,39,41,48,51,90H,6-7,12-13,18-19,24-25,30-32,34,36-38,40,42-47,49-50,52-89H2,1-5H3/p+1/b10-8-,11-9-,16-14-,17-15-,22-20-,23-21-,28-26-,29-27-,35-33-,41-39-,51-48-. The second-order valence-electron chi connectivity index (χ2n) is 29.8. The van der Waals surface area contributed by atoms with Gasteiger partial charge in [0.05, 0.1) is 27.7 Å². The third-order valence-corrected chi connectivity index (χ3v) is 19.7. The van der Waals surface area contributed by atoms with Gasteiger partial charge in [0.25, 0.3) is 0 Å². The Balaban J connectivity index is 3.91. The van der Waals surface area contributed by atoms with E-state index in [1.54, 1.807) is 0 Å². The summed E-state index contributed by atoms with van der Waals surface area (Å²) in [5.41, 5.74) is 0. The fourth-order valence-corrected chi connectivity index (χ4v) is 13.0. The smallest absolute Gasteiger partial charge is 0.462 e. The molecular weight excluding hydrogens is 1280 g/mol. The fourth-order valence-electron chi connectivity index (χ4n) is 12.2. The second-order valence-corrected chi connectivity index (χ2v) is 31.3. The van der Waals surface area contributed by atoms with E-state index in [0.29, 0.717) is 17.4 Å². The van der Waals surface area contributed by atoms with E-state index in [-0.39, 0.29) is 32.0 Å². The molecule has 0 fully saturated rings. The molecule has 0 aromatic rings. The van der Waals surface area contributed by atoms with Crippen LogP contribution in [0.25, 0.3) is 0 Å². The molecule has 0 radical (unpaired) electrons. The largest absolute Gasteiger partial charge is 0.472 e. The molecular formula is C92H163NO8P+. The van der Waals surface area contributed by atoms with Crippen LogP contribution in [0.4, 0.5) is 0 Å². The zero-order chi connectivity index (χ0) is 74.0. The molecule has 102 heavy (non-hydrogen) atoms. The van der Waals surface area contributed by atoms with E-state index in [2.05, 4.69) is 148 Å². The Morgan fingerprint density at radius 2 is 0.529 bits per heavy atom. The molecule has 0 aliphatic heterocycles. The number of allylic oxidation sites excluding steroid dienone is 22. The molecule has 0 saturated heterocycles. The highest BCUT2D eigenvalue weighted by atomic mass is 31.2. The highest BCUT2D eigenvalue weighted by Crippen LogP contribution is 2.43. The number of rotatable bonds is 79. The maximum atomic E-state index is 12.9. The quantitative estimate of drug-likeness (QED) is 0.0211. The van der Waals surface area contributed by atoms with E-state index in [9.17, 15) is 19.0 Å². The molecule has 10 heteroatoms. The van der Waals surface area contributed by atoms with E-state index in [1.807, 2.05) is 21.1 Å². The summed E-state index contributed by atoms with van der Waals surface area (Å²) in [7, 11) is 1.49. The number of hydrogen-bond acceptors (Lipinski definition) is 7. The number of phosphoric acid groups is 1. The molecule has 0 saturated carbocycles. The first-order valence-electron chi connectivity index (χ1n) is 42.9. The first-order valence-corrected chi connectivity index (χ1v) is 44.4. The number of ether oxygens (including phenoxy) is 2. The molecule has 588 valence electrons. The lowest BCUT2D eigenvalue weighted by Gasteiger charge is -2.24. The van der Waals surface area contributed by atoms with E-state index >= 15 is 0 Å². The number of hydrogen-bond donors (Lipinski definition) is 1. The van der Waals surface area contributed by atoms with Crippen LogP contribution in [0.1, 0.15) is 386 Å². The number of carbonyl (C=O) groups is 2. The van der Waals surface area contributed by atoms with Gasteiger partial charge in [-0.15, -0.1) is 0 Å². The first-order chi connectivity index (χ1) is 50.0. The lowest BCUT2D eigenvalue weighted by atomic mass is 10.0.